The van der Waals surface area contributed by atoms with Crippen LogP contribution in [0.2, 0.25) is 0 Å². The summed E-state index contributed by atoms with van der Waals surface area (Å²) >= 11 is 0. The molecule has 10 heteroatoms. The molecule has 0 aromatic heterocycles. The molecule has 0 amide bonds. The fourth-order valence-corrected chi connectivity index (χ4v) is 6.40. The minimum Gasteiger partial charge on any atom is -0.478 e. The Morgan fingerprint density at radius 1 is 1.00 bits per heavy atom. The van der Waals surface area contributed by atoms with Gasteiger partial charge in [0.05, 0.1) is 0 Å². The monoisotopic (exact) mass is 539 g/mol. The van der Waals surface area contributed by atoms with Gasteiger partial charge in [-0.3, -0.25) is 0 Å². The van der Waals surface area contributed by atoms with E-state index >= 15 is 0 Å². The summed E-state index contributed by atoms with van der Waals surface area (Å²) in [5.74, 6) is -1.76. The fourth-order valence-electron chi connectivity index (χ4n) is 5.09. The Bertz CT molecular complexity index is 1400. The van der Waals surface area contributed by atoms with Gasteiger partial charge < -0.3 is 25.2 Å². The highest BCUT2D eigenvalue weighted by Crippen LogP contribution is 2.57. The molecule has 9 nitrogen and oxygen atoms in total. The zero-order valence-corrected chi connectivity index (χ0v) is 22.2. The van der Waals surface area contributed by atoms with Crippen molar-refractivity contribution in [1.29, 1.82) is 0 Å². The van der Waals surface area contributed by atoms with Crippen LogP contribution in [0, 0.1) is 0 Å². The van der Waals surface area contributed by atoms with Gasteiger partial charge in [0.25, 0.3) is 10.0 Å². The van der Waals surface area contributed by atoms with Crippen LogP contribution in [0.3, 0.4) is 0 Å². The number of primary sulfonamides is 1. The topological polar surface area (TPSA) is 142 Å². The molecule has 202 valence electrons. The standard InChI is InChI=1S/C28H33N3O6S/c1-3-11-22-23(30-18-4-2)16-17-24-25(22)28(38(29,35)36,37-21-14-9-6-10-15-21)27(34,26(32)33)31(24)19-20-12-7-5-8-13-20/h5-10,12-17,30,34H,3-4,11,18-19H2,1-2H3,(H,32,33)(H2,29,35,36). The van der Waals surface area contributed by atoms with E-state index < -0.39 is 26.7 Å². The number of rotatable bonds is 11. The smallest absolute Gasteiger partial charge is 0.363 e. The number of nitrogens with zero attached hydrogens (tertiary/aromatic N) is 1. The second-order valence-electron chi connectivity index (χ2n) is 9.29. The van der Waals surface area contributed by atoms with E-state index in [-0.39, 0.29) is 23.5 Å². The van der Waals surface area contributed by atoms with Crippen molar-refractivity contribution >= 4 is 27.4 Å². The summed E-state index contributed by atoms with van der Waals surface area (Å²) in [6, 6.07) is 20.2. The molecule has 1 aliphatic heterocycles. The number of anilines is 2. The van der Waals surface area contributed by atoms with Gasteiger partial charge >= 0.3 is 16.6 Å². The number of nitrogens with two attached hydrogens (primary N) is 1. The third-order valence-electron chi connectivity index (χ3n) is 6.71. The van der Waals surface area contributed by atoms with E-state index in [0.29, 0.717) is 36.2 Å². The summed E-state index contributed by atoms with van der Waals surface area (Å²) in [7, 11) is -4.95. The minimum atomic E-state index is -4.95. The molecule has 4 rings (SSSR count). The van der Waals surface area contributed by atoms with Crippen molar-refractivity contribution in [1.82, 2.24) is 0 Å². The first kappa shape index (κ1) is 27.4. The molecular formula is C28H33N3O6S. The molecule has 2 atom stereocenters. The van der Waals surface area contributed by atoms with Crippen molar-refractivity contribution < 1.29 is 28.2 Å². The number of fused-ring (bicyclic) bond motifs is 1. The van der Waals surface area contributed by atoms with Gasteiger partial charge in [0.1, 0.15) is 5.75 Å². The average molecular weight is 540 g/mol. The van der Waals surface area contributed by atoms with Crippen LogP contribution in [0.25, 0.3) is 0 Å². The van der Waals surface area contributed by atoms with Crippen LogP contribution >= 0.6 is 0 Å². The predicted octanol–water partition coefficient (Wildman–Crippen LogP) is 3.77. The Kier molecular flexibility index (Phi) is 7.68. The van der Waals surface area contributed by atoms with Gasteiger partial charge in [0.15, 0.2) is 0 Å². The molecule has 0 saturated heterocycles. The quantitative estimate of drug-likeness (QED) is 0.288. The van der Waals surface area contributed by atoms with Crippen LogP contribution in [0.4, 0.5) is 11.4 Å². The Labute approximate surface area is 222 Å². The number of benzene rings is 3. The van der Waals surface area contributed by atoms with Crippen molar-refractivity contribution in [2.24, 2.45) is 5.14 Å². The maximum Gasteiger partial charge on any atom is 0.363 e. The second-order valence-corrected chi connectivity index (χ2v) is 11.0. The molecule has 2 unspecified atom stereocenters. The number of sulfonamides is 1. The molecule has 0 fully saturated rings. The number of ether oxygens (including phenoxy) is 1. The Balaban J connectivity index is 2.13. The highest BCUT2D eigenvalue weighted by atomic mass is 32.2. The van der Waals surface area contributed by atoms with Gasteiger partial charge in [-0.2, -0.15) is 0 Å². The Morgan fingerprint density at radius 2 is 1.63 bits per heavy atom. The van der Waals surface area contributed by atoms with E-state index in [1.807, 2.05) is 19.9 Å². The Hall–Kier alpha value is -3.60. The summed E-state index contributed by atoms with van der Waals surface area (Å²) in [6.45, 7) is 4.42. The zero-order valence-electron chi connectivity index (χ0n) is 21.4. The number of carbonyl (C=O) groups is 1. The lowest BCUT2D eigenvalue weighted by atomic mass is 9.93. The largest absolute Gasteiger partial charge is 0.478 e. The first-order valence-electron chi connectivity index (χ1n) is 12.6. The van der Waals surface area contributed by atoms with Crippen molar-refractivity contribution in [2.45, 2.75) is 50.3 Å². The zero-order chi connectivity index (χ0) is 27.6. The summed E-state index contributed by atoms with van der Waals surface area (Å²) < 4.78 is 33.5. The van der Waals surface area contributed by atoms with Crippen LogP contribution in [0.5, 0.6) is 5.75 Å². The lowest BCUT2D eigenvalue weighted by Gasteiger charge is -2.41. The van der Waals surface area contributed by atoms with Gasteiger partial charge in [-0.15, -0.1) is 0 Å². The highest BCUT2D eigenvalue weighted by Gasteiger charge is 2.75. The van der Waals surface area contributed by atoms with E-state index in [9.17, 15) is 23.4 Å². The van der Waals surface area contributed by atoms with Crippen molar-refractivity contribution in [3.05, 3.63) is 89.5 Å². The molecule has 0 saturated carbocycles. The predicted molar refractivity (Wildman–Crippen MR) is 146 cm³/mol. The normalized spacial score (nSPS) is 20.7. The third kappa shape index (κ3) is 4.38. The van der Waals surface area contributed by atoms with Crippen LogP contribution in [-0.4, -0.2) is 36.9 Å². The molecule has 1 aliphatic rings. The maximum absolute atomic E-state index is 13.7. The minimum absolute atomic E-state index is 0.0210. The Morgan fingerprint density at radius 3 is 2.18 bits per heavy atom. The van der Waals surface area contributed by atoms with Crippen LogP contribution in [-0.2, 0) is 32.7 Å². The van der Waals surface area contributed by atoms with Gasteiger partial charge in [-0.1, -0.05) is 68.8 Å². The number of carboxylic acid groups (broad SMARTS) is 1. The van der Waals surface area contributed by atoms with Crippen molar-refractivity contribution in [3.63, 3.8) is 0 Å². The number of aliphatic hydroxyl groups is 1. The molecule has 3 aromatic rings. The number of nitrogens with one attached hydrogen (secondary N) is 1. The summed E-state index contributed by atoms with van der Waals surface area (Å²) in [5, 5.41) is 32.0. The molecule has 1 heterocycles. The number of carboxylic acids is 1. The van der Waals surface area contributed by atoms with Gasteiger partial charge in [-0.05, 0) is 48.2 Å². The molecule has 0 spiro atoms. The average Bonchev–Trinajstić information content (AvgIpc) is 3.11. The molecule has 5 N–H and O–H groups in total. The molecule has 0 radical (unpaired) electrons. The fraction of sp³-hybridized carbons (Fsp3) is 0.321. The highest BCUT2D eigenvalue weighted by molar-refractivity contribution is 7.90. The number of aliphatic carboxylic acids is 1. The molecule has 0 bridgehead atoms. The number of hydrogen-bond acceptors (Lipinski definition) is 7. The number of para-hydroxylation sites is 1. The molecule has 3 aromatic carbocycles. The number of hydrogen-bond donors (Lipinski definition) is 4. The summed E-state index contributed by atoms with van der Waals surface area (Å²) in [5.41, 5.74) is -1.05. The van der Waals surface area contributed by atoms with E-state index in [0.717, 1.165) is 11.3 Å². The van der Waals surface area contributed by atoms with E-state index in [2.05, 4.69) is 5.32 Å². The first-order valence-corrected chi connectivity index (χ1v) is 14.1. The second kappa shape index (κ2) is 10.6. The SMILES string of the molecule is CCCNc1ccc2c(c1CCC)C(Oc1ccccc1)(S(N)(=O)=O)C(O)(C(=O)O)N2Cc1ccccc1. The third-order valence-corrected chi connectivity index (χ3v) is 8.09. The van der Waals surface area contributed by atoms with E-state index in [1.165, 1.54) is 12.1 Å². The van der Waals surface area contributed by atoms with Crippen molar-refractivity contribution in [3.8, 4) is 5.75 Å². The van der Waals surface area contributed by atoms with Gasteiger partial charge in [-0.25, -0.2) is 18.4 Å². The van der Waals surface area contributed by atoms with Crippen LogP contribution in [0.1, 0.15) is 43.4 Å². The lowest BCUT2D eigenvalue weighted by molar-refractivity contribution is -0.173. The maximum atomic E-state index is 13.7. The van der Waals surface area contributed by atoms with Gasteiger partial charge in [0.2, 0.25) is 0 Å². The molecule has 0 aliphatic carbocycles. The summed E-state index contributed by atoms with van der Waals surface area (Å²) in [6.07, 6.45) is 1.82. The van der Waals surface area contributed by atoms with E-state index in [4.69, 9.17) is 9.88 Å². The van der Waals surface area contributed by atoms with Crippen LogP contribution in [0.15, 0.2) is 72.8 Å². The van der Waals surface area contributed by atoms with E-state index in [1.54, 1.807) is 54.6 Å². The van der Waals surface area contributed by atoms with Gasteiger partial charge in [0, 0.05) is 30.0 Å². The molecule has 38 heavy (non-hydrogen) atoms. The molecular weight excluding hydrogens is 506 g/mol. The van der Waals surface area contributed by atoms with Crippen LogP contribution < -0.4 is 20.1 Å². The first-order chi connectivity index (χ1) is 18.1. The lowest BCUT2D eigenvalue weighted by Crippen LogP contribution is -2.69. The van der Waals surface area contributed by atoms with Crippen molar-refractivity contribution in [2.75, 3.05) is 16.8 Å². The summed E-state index contributed by atoms with van der Waals surface area (Å²) in [4.78, 5) is 11.3.